The quantitative estimate of drug-likeness (QED) is 0.609. The summed E-state index contributed by atoms with van der Waals surface area (Å²) in [4.78, 5) is 12.5. The van der Waals surface area contributed by atoms with Crippen LogP contribution in [-0.4, -0.2) is 31.2 Å². The molecule has 0 saturated heterocycles. The molecular formula is C19H16F4N4O3S. The van der Waals surface area contributed by atoms with E-state index in [9.17, 15) is 30.8 Å². The average molecular weight is 456 g/mol. The smallest absolute Gasteiger partial charge is 0.316 e. The monoisotopic (exact) mass is 456 g/mol. The summed E-state index contributed by atoms with van der Waals surface area (Å²) in [5.74, 6) is -1.32. The number of anilines is 1. The van der Waals surface area contributed by atoms with Crippen LogP contribution >= 0.6 is 0 Å². The lowest BCUT2D eigenvalue weighted by Gasteiger charge is -2.16. The highest BCUT2D eigenvalue weighted by atomic mass is 32.2. The Bertz CT molecular complexity index is 1250. The van der Waals surface area contributed by atoms with Crippen molar-refractivity contribution in [1.82, 2.24) is 9.78 Å². The molecule has 0 aliphatic rings. The summed E-state index contributed by atoms with van der Waals surface area (Å²) in [6, 6.07) is 8.01. The number of primary sulfonamides is 1. The van der Waals surface area contributed by atoms with E-state index in [1.807, 2.05) is 0 Å². The summed E-state index contributed by atoms with van der Waals surface area (Å²) in [7, 11) is -2.58. The zero-order chi connectivity index (χ0) is 23.1. The van der Waals surface area contributed by atoms with Crippen molar-refractivity contribution in [3.8, 4) is 16.8 Å². The van der Waals surface area contributed by atoms with Gasteiger partial charge in [0.25, 0.3) is 0 Å². The first-order valence-electron chi connectivity index (χ1n) is 8.63. The van der Waals surface area contributed by atoms with E-state index in [0.717, 1.165) is 40.0 Å². The maximum absolute atomic E-state index is 14.5. The molecule has 12 heteroatoms. The van der Waals surface area contributed by atoms with Gasteiger partial charge in [-0.25, -0.2) is 22.6 Å². The summed E-state index contributed by atoms with van der Waals surface area (Å²) in [6.45, 7) is 1.26. The molecule has 1 aromatic heterocycles. The number of nitrogens with zero attached hydrogens (tertiary/aromatic N) is 3. The highest BCUT2D eigenvalue weighted by molar-refractivity contribution is 7.89. The lowest BCUT2D eigenvalue weighted by atomic mass is 10.0. The van der Waals surface area contributed by atoms with E-state index in [1.165, 1.54) is 32.2 Å². The fraction of sp³-hybridized carbons (Fsp3) is 0.158. The van der Waals surface area contributed by atoms with Crippen molar-refractivity contribution in [1.29, 1.82) is 0 Å². The predicted octanol–water partition coefficient (Wildman–Crippen LogP) is 3.33. The fourth-order valence-electron chi connectivity index (χ4n) is 2.81. The number of hydrogen-bond donors (Lipinski definition) is 1. The molecule has 0 spiro atoms. The first kappa shape index (κ1) is 22.4. The molecule has 0 aliphatic heterocycles. The van der Waals surface area contributed by atoms with E-state index in [1.54, 1.807) is 0 Å². The number of hydrogen-bond acceptors (Lipinski definition) is 4. The van der Waals surface area contributed by atoms with Gasteiger partial charge in [-0.2, -0.15) is 18.3 Å². The highest BCUT2D eigenvalue weighted by Gasteiger charge is 2.38. The van der Waals surface area contributed by atoms with Crippen molar-refractivity contribution in [3.05, 3.63) is 60.2 Å². The van der Waals surface area contributed by atoms with Gasteiger partial charge in [0.15, 0.2) is 5.69 Å². The number of nitrogens with two attached hydrogens (primary N) is 1. The van der Waals surface area contributed by atoms with Crippen LogP contribution in [0.5, 0.6) is 0 Å². The van der Waals surface area contributed by atoms with E-state index in [2.05, 4.69) is 5.10 Å². The minimum absolute atomic E-state index is 0.0987. The lowest BCUT2D eigenvalue weighted by molar-refractivity contribution is -0.140. The zero-order valence-corrected chi connectivity index (χ0v) is 17.0. The molecule has 0 bridgehead atoms. The second-order valence-corrected chi connectivity index (χ2v) is 8.18. The number of alkyl halides is 3. The molecule has 2 aromatic carbocycles. The van der Waals surface area contributed by atoms with Gasteiger partial charge in [0.05, 0.1) is 10.6 Å². The van der Waals surface area contributed by atoms with Gasteiger partial charge in [0.2, 0.25) is 15.9 Å². The molecule has 31 heavy (non-hydrogen) atoms. The summed E-state index contributed by atoms with van der Waals surface area (Å²) in [5, 5.41) is 8.55. The van der Waals surface area contributed by atoms with Crippen molar-refractivity contribution in [2.45, 2.75) is 18.0 Å². The van der Waals surface area contributed by atoms with Crippen molar-refractivity contribution < 1.29 is 30.8 Å². The summed E-state index contributed by atoms with van der Waals surface area (Å²) in [5.41, 5.74) is -1.99. The Morgan fingerprint density at radius 1 is 1.10 bits per heavy atom. The SMILES string of the molecule is CC(=O)N(C)c1ccc(F)c(-c2cn(-c3ccc(S(N)(=O)=O)cc3)nc2C(F)(F)F)c1. The van der Waals surface area contributed by atoms with Crippen LogP contribution < -0.4 is 10.0 Å². The van der Waals surface area contributed by atoms with Crippen LogP contribution in [0.4, 0.5) is 23.2 Å². The minimum atomic E-state index is -4.91. The number of halogens is 4. The largest absolute Gasteiger partial charge is 0.435 e. The van der Waals surface area contributed by atoms with Crippen LogP contribution in [0, 0.1) is 5.82 Å². The Labute approximate surface area is 174 Å². The normalized spacial score (nSPS) is 12.1. The number of carbonyl (C=O) groups is 1. The van der Waals surface area contributed by atoms with E-state index in [0.29, 0.717) is 0 Å². The van der Waals surface area contributed by atoms with E-state index >= 15 is 0 Å². The fourth-order valence-corrected chi connectivity index (χ4v) is 3.33. The third-order valence-corrected chi connectivity index (χ3v) is 5.44. The van der Waals surface area contributed by atoms with Crippen LogP contribution in [0.1, 0.15) is 12.6 Å². The second kappa shape index (κ2) is 7.78. The maximum atomic E-state index is 14.5. The molecule has 0 fully saturated rings. The number of rotatable bonds is 4. The molecule has 7 nitrogen and oxygen atoms in total. The molecule has 0 atom stereocenters. The minimum Gasteiger partial charge on any atom is -0.316 e. The summed E-state index contributed by atoms with van der Waals surface area (Å²) < 4.78 is 79.0. The molecule has 164 valence electrons. The topological polar surface area (TPSA) is 98.3 Å². The Kier molecular flexibility index (Phi) is 5.63. The molecule has 0 saturated carbocycles. The first-order chi connectivity index (χ1) is 14.3. The lowest BCUT2D eigenvalue weighted by Crippen LogP contribution is -2.22. The van der Waals surface area contributed by atoms with Crippen molar-refractivity contribution >= 4 is 21.6 Å². The molecule has 2 N–H and O–H groups in total. The third-order valence-electron chi connectivity index (χ3n) is 4.51. The Hall–Kier alpha value is -3.25. The maximum Gasteiger partial charge on any atom is 0.435 e. The molecule has 0 unspecified atom stereocenters. The zero-order valence-electron chi connectivity index (χ0n) is 16.2. The number of sulfonamides is 1. The van der Waals surface area contributed by atoms with Gasteiger partial charge in [-0.15, -0.1) is 0 Å². The molecule has 1 amide bonds. The van der Waals surface area contributed by atoms with Crippen molar-refractivity contribution in [2.24, 2.45) is 5.14 Å². The van der Waals surface area contributed by atoms with E-state index in [-0.39, 0.29) is 22.2 Å². The van der Waals surface area contributed by atoms with Gasteiger partial charge in [-0.05, 0) is 42.5 Å². The molecule has 3 aromatic rings. The molecular weight excluding hydrogens is 440 g/mol. The van der Waals surface area contributed by atoms with Crippen molar-refractivity contribution in [2.75, 3.05) is 11.9 Å². The Balaban J connectivity index is 2.17. The summed E-state index contributed by atoms with van der Waals surface area (Å²) in [6.07, 6.45) is -3.93. The number of aromatic nitrogens is 2. The molecule has 1 heterocycles. The first-order valence-corrected chi connectivity index (χ1v) is 10.2. The van der Waals surface area contributed by atoms with Gasteiger partial charge in [0.1, 0.15) is 5.82 Å². The predicted molar refractivity (Wildman–Crippen MR) is 104 cm³/mol. The van der Waals surface area contributed by atoms with Crippen molar-refractivity contribution in [3.63, 3.8) is 0 Å². The molecule has 0 aliphatic carbocycles. The van der Waals surface area contributed by atoms with Gasteiger partial charge < -0.3 is 4.90 Å². The van der Waals surface area contributed by atoms with Crippen LogP contribution in [0.15, 0.2) is 53.6 Å². The van der Waals surface area contributed by atoms with Gasteiger partial charge in [-0.1, -0.05) is 0 Å². The van der Waals surface area contributed by atoms with Gasteiger partial charge in [0, 0.05) is 37.0 Å². The molecule has 0 radical (unpaired) electrons. The number of carbonyl (C=O) groups excluding carboxylic acids is 1. The third kappa shape index (κ3) is 4.59. The average Bonchev–Trinajstić information content (AvgIpc) is 3.13. The standard InChI is InChI=1S/C19H16F4N4O3S/c1-11(28)26(2)13-5-8-17(20)15(9-13)16-10-27(25-18(16)19(21,22)23)12-3-6-14(7-4-12)31(24,29)30/h3-10H,1-2H3,(H2,24,29,30). The highest BCUT2D eigenvalue weighted by Crippen LogP contribution is 2.38. The van der Waals surface area contributed by atoms with Crippen LogP contribution in [0.3, 0.4) is 0 Å². The second-order valence-electron chi connectivity index (χ2n) is 6.61. The van der Waals surface area contributed by atoms with Gasteiger partial charge >= 0.3 is 6.18 Å². The van der Waals surface area contributed by atoms with Crippen LogP contribution in [0.25, 0.3) is 16.8 Å². The number of amides is 1. The van der Waals surface area contributed by atoms with Crippen LogP contribution in [-0.2, 0) is 21.0 Å². The molecule has 3 rings (SSSR count). The van der Waals surface area contributed by atoms with E-state index in [4.69, 9.17) is 5.14 Å². The number of benzene rings is 2. The summed E-state index contributed by atoms with van der Waals surface area (Å²) >= 11 is 0. The Morgan fingerprint density at radius 3 is 2.23 bits per heavy atom. The Morgan fingerprint density at radius 2 is 1.71 bits per heavy atom. The van der Waals surface area contributed by atoms with Crippen LogP contribution in [0.2, 0.25) is 0 Å². The van der Waals surface area contributed by atoms with Gasteiger partial charge in [-0.3, -0.25) is 4.79 Å². The van der Waals surface area contributed by atoms with E-state index < -0.39 is 38.8 Å².